The average molecular weight is 407 g/mol. The lowest BCUT2D eigenvalue weighted by Crippen LogP contribution is -2.09. The van der Waals surface area contributed by atoms with Crippen LogP contribution in [-0.4, -0.2) is 31.8 Å². The lowest BCUT2D eigenvalue weighted by Gasteiger charge is -2.09. The van der Waals surface area contributed by atoms with E-state index >= 15 is 0 Å². The molecule has 0 N–H and O–H groups in total. The van der Waals surface area contributed by atoms with Crippen LogP contribution in [0.5, 0.6) is 5.75 Å². The van der Waals surface area contributed by atoms with Gasteiger partial charge in [-0.2, -0.15) is 0 Å². The van der Waals surface area contributed by atoms with Gasteiger partial charge in [-0.3, -0.25) is 4.79 Å². The van der Waals surface area contributed by atoms with E-state index in [0.29, 0.717) is 29.0 Å². The number of hydrogen-bond acceptors (Lipinski definition) is 5. The highest BCUT2D eigenvalue weighted by molar-refractivity contribution is 9.10. The molecule has 0 aromatic heterocycles. The van der Waals surface area contributed by atoms with Gasteiger partial charge in [0.25, 0.3) is 0 Å². The van der Waals surface area contributed by atoms with Crippen molar-refractivity contribution >= 4 is 27.9 Å². The van der Waals surface area contributed by atoms with Crippen LogP contribution >= 0.6 is 15.9 Å². The Hall–Kier alpha value is -2.34. The number of esters is 2. The van der Waals surface area contributed by atoms with Crippen LogP contribution in [0.3, 0.4) is 0 Å². The van der Waals surface area contributed by atoms with Gasteiger partial charge in [0.05, 0.1) is 12.2 Å². The third-order valence-electron chi connectivity index (χ3n) is 3.31. The van der Waals surface area contributed by atoms with Crippen LogP contribution in [-0.2, 0) is 14.3 Å². The van der Waals surface area contributed by atoms with Crippen molar-refractivity contribution in [3.63, 3.8) is 0 Å². The monoisotopic (exact) mass is 406 g/mol. The number of rotatable bonds is 7. The smallest absolute Gasteiger partial charge is 0.339 e. The van der Waals surface area contributed by atoms with E-state index in [-0.39, 0.29) is 18.5 Å². The lowest BCUT2D eigenvalue weighted by atomic mass is 10.0. The maximum atomic E-state index is 11.8. The van der Waals surface area contributed by atoms with Crippen LogP contribution in [0.15, 0.2) is 46.9 Å². The molecule has 2 aromatic carbocycles. The lowest BCUT2D eigenvalue weighted by molar-refractivity contribution is -0.141. The molecule has 5 nitrogen and oxygen atoms in total. The zero-order valence-electron chi connectivity index (χ0n) is 14.1. The van der Waals surface area contributed by atoms with E-state index < -0.39 is 0 Å². The maximum absolute atomic E-state index is 11.8. The second kappa shape index (κ2) is 9.22. The molecule has 25 heavy (non-hydrogen) atoms. The Labute approximate surface area is 155 Å². The number of halogens is 1. The molecule has 6 heteroatoms. The minimum absolute atomic E-state index is 0.222. The van der Waals surface area contributed by atoms with Gasteiger partial charge in [-0.1, -0.05) is 18.2 Å². The minimum Gasteiger partial charge on any atom is -0.490 e. The number of carbonyl (C=O) groups is 2. The van der Waals surface area contributed by atoms with E-state index in [9.17, 15) is 9.59 Å². The fraction of sp³-hybridized carbons (Fsp3) is 0.263. The number of ether oxygens (including phenoxy) is 3. The first kappa shape index (κ1) is 19.0. The summed E-state index contributed by atoms with van der Waals surface area (Å²) in [4.78, 5) is 22.5. The maximum Gasteiger partial charge on any atom is 0.339 e. The quantitative estimate of drug-likeness (QED) is 0.508. The Morgan fingerprint density at radius 2 is 1.64 bits per heavy atom. The molecule has 0 heterocycles. The van der Waals surface area contributed by atoms with Crippen molar-refractivity contribution < 1.29 is 23.8 Å². The number of hydrogen-bond donors (Lipinski definition) is 0. The predicted octanol–water partition coefficient (Wildman–Crippen LogP) is 4.23. The van der Waals surface area contributed by atoms with Gasteiger partial charge in [-0.05, 0) is 58.2 Å². The minimum atomic E-state index is -0.350. The molecule has 0 saturated carbocycles. The summed E-state index contributed by atoms with van der Waals surface area (Å²) in [6, 6.07) is 13.0. The highest BCUT2D eigenvalue weighted by Gasteiger charge is 2.12. The molecular formula is C19H19BrO5. The molecule has 2 aromatic rings. The first-order valence-corrected chi connectivity index (χ1v) is 8.64. The summed E-state index contributed by atoms with van der Waals surface area (Å²) in [6.45, 7) is 4.00. The molecular weight excluding hydrogens is 388 g/mol. The van der Waals surface area contributed by atoms with Gasteiger partial charge in [0.2, 0.25) is 0 Å². The Balaban J connectivity index is 2.03. The number of benzene rings is 2. The van der Waals surface area contributed by atoms with Crippen LogP contribution in [0, 0.1) is 0 Å². The Morgan fingerprint density at radius 3 is 2.24 bits per heavy atom. The molecule has 2 rings (SSSR count). The first-order valence-electron chi connectivity index (χ1n) is 7.84. The second-order valence-electron chi connectivity index (χ2n) is 5.13. The van der Waals surface area contributed by atoms with Crippen LogP contribution < -0.4 is 4.74 Å². The van der Waals surface area contributed by atoms with Crippen molar-refractivity contribution in [1.82, 2.24) is 0 Å². The molecule has 0 unspecified atom stereocenters. The largest absolute Gasteiger partial charge is 0.490 e. The van der Waals surface area contributed by atoms with Crippen molar-refractivity contribution in [3.05, 3.63) is 52.5 Å². The average Bonchev–Trinajstić information content (AvgIpc) is 2.59. The molecule has 0 saturated heterocycles. The zero-order chi connectivity index (χ0) is 18.2. The van der Waals surface area contributed by atoms with Crippen molar-refractivity contribution in [2.45, 2.75) is 13.8 Å². The fourth-order valence-electron chi connectivity index (χ4n) is 2.16. The van der Waals surface area contributed by atoms with Gasteiger partial charge in [0.1, 0.15) is 19.0 Å². The van der Waals surface area contributed by atoms with Crippen molar-refractivity contribution in [3.8, 4) is 16.9 Å². The molecule has 0 radical (unpaired) electrons. The summed E-state index contributed by atoms with van der Waals surface area (Å²) in [5.74, 6) is 0.0198. The van der Waals surface area contributed by atoms with E-state index in [0.717, 1.165) is 11.1 Å². The normalized spacial score (nSPS) is 10.2. The summed E-state index contributed by atoms with van der Waals surface area (Å²) in [7, 11) is 0. The SMILES string of the molecule is CCOC(=O)c1ccc(-c2ccc(OCCOC(C)=O)cc2)cc1Br. The summed E-state index contributed by atoms with van der Waals surface area (Å²) in [5, 5.41) is 0. The van der Waals surface area contributed by atoms with E-state index in [1.54, 1.807) is 13.0 Å². The van der Waals surface area contributed by atoms with Crippen molar-refractivity contribution in [2.75, 3.05) is 19.8 Å². The Morgan fingerprint density at radius 1 is 0.960 bits per heavy atom. The van der Waals surface area contributed by atoms with Crippen molar-refractivity contribution in [1.29, 1.82) is 0 Å². The highest BCUT2D eigenvalue weighted by atomic mass is 79.9. The second-order valence-corrected chi connectivity index (χ2v) is 5.98. The highest BCUT2D eigenvalue weighted by Crippen LogP contribution is 2.28. The van der Waals surface area contributed by atoms with Crippen LogP contribution in [0.25, 0.3) is 11.1 Å². The Kier molecular flexibility index (Phi) is 7.01. The van der Waals surface area contributed by atoms with Gasteiger partial charge in [-0.25, -0.2) is 4.79 Å². The predicted molar refractivity (Wildman–Crippen MR) is 97.7 cm³/mol. The summed E-state index contributed by atoms with van der Waals surface area (Å²) >= 11 is 3.42. The van der Waals surface area contributed by atoms with Crippen molar-refractivity contribution in [2.24, 2.45) is 0 Å². The molecule has 132 valence electrons. The fourth-order valence-corrected chi connectivity index (χ4v) is 2.70. The van der Waals surface area contributed by atoms with E-state index in [2.05, 4.69) is 15.9 Å². The third-order valence-corrected chi connectivity index (χ3v) is 3.97. The van der Waals surface area contributed by atoms with Crippen LogP contribution in [0.1, 0.15) is 24.2 Å². The molecule has 0 amide bonds. The van der Waals surface area contributed by atoms with E-state index in [1.165, 1.54) is 6.92 Å². The van der Waals surface area contributed by atoms with Gasteiger partial charge in [0.15, 0.2) is 0 Å². The molecule has 0 spiro atoms. The summed E-state index contributed by atoms with van der Waals surface area (Å²) < 4.78 is 16.0. The van der Waals surface area contributed by atoms with Crippen LogP contribution in [0.2, 0.25) is 0 Å². The topological polar surface area (TPSA) is 61.8 Å². The molecule has 0 aliphatic rings. The number of carbonyl (C=O) groups excluding carboxylic acids is 2. The summed E-state index contributed by atoms with van der Waals surface area (Å²) in [6.07, 6.45) is 0. The standard InChI is InChI=1S/C19H19BrO5/c1-3-23-19(22)17-9-6-15(12-18(17)20)14-4-7-16(8-5-14)25-11-10-24-13(2)21/h4-9,12H,3,10-11H2,1-2H3. The van der Waals surface area contributed by atoms with E-state index in [4.69, 9.17) is 14.2 Å². The summed E-state index contributed by atoms with van der Waals surface area (Å²) in [5.41, 5.74) is 2.45. The first-order chi connectivity index (χ1) is 12.0. The van der Waals surface area contributed by atoms with Gasteiger partial charge < -0.3 is 14.2 Å². The van der Waals surface area contributed by atoms with Crippen LogP contribution in [0.4, 0.5) is 0 Å². The van der Waals surface area contributed by atoms with Gasteiger partial charge in [0, 0.05) is 11.4 Å². The third kappa shape index (κ3) is 5.60. The van der Waals surface area contributed by atoms with Gasteiger partial charge in [-0.15, -0.1) is 0 Å². The molecule has 0 bridgehead atoms. The van der Waals surface area contributed by atoms with Gasteiger partial charge >= 0.3 is 11.9 Å². The Bertz CT molecular complexity index is 740. The molecule has 0 atom stereocenters. The molecule has 0 fully saturated rings. The molecule has 0 aliphatic carbocycles. The molecule has 0 aliphatic heterocycles. The zero-order valence-corrected chi connectivity index (χ0v) is 15.7. The van der Waals surface area contributed by atoms with E-state index in [1.807, 2.05) is 36.4 Å².